The molecule has 0 saturated heterocycles. The molecule has 1 aromatic heterocycles. The molecule has 0 spiro atoms. The van der Waals surface area contributed by atoms with Crippen molar-refractivity contribution in [2.45, 2.75) is 19.6 Å². The van der Waals surface area contributed by atoms with Crippen molar-refractivity contribution in [2.75, 3.05) is 5.32 Å². The van der Waals surface area contributed by atoms with E-state index in [4.69, 9.17) is 11.6 Å². The third kappa shape index (κ3) is 3.01. The predicted octanol–water partition coefficient (Wildman–Crippen LogP) is 4.32. The van der Waals surface area contributed by atoms with Crippen LogP contribution in [0.15, 0.2) is 30.6 Å². The first kappa shape index (κ1) is 13.7. The molecule has 7 heteroatoms. The summed E-state index contributed by atoms with van der Waals surface area (Å²) in [7, 11) is 0. The SMILES string of the molecule is CCn1ccnc1Nc1ccc(C(F)(F)F)cc1Cl. The Hall–Kier alpha value is -1.69. The molecule has 2 aromatic rings. The van der Waals surface area contributed by atoms with Crippen LogP contribution in [0.2, 0.25) is 5.02 Å². The van der Waals surface area contributed by atoms with Crippen LogP contribution < -0.4 is 5.32 Å². The van der Waals surface area contributed by atoms with Crippen LogP contribution in [0.3, 0.4) is 0 Å². The number of nitrogens with one attached hydrogen (secondary N) is 1. The fourth-order valence-corrected chi connectivity index (χ4v) is 1.83. The lowest BCUT2D eigenvalue weighted by atomic mass is 10.2. The summed E-state index contributed by atoms with van der Waals surface area (Å²) in [6.07, 6.45) is -1.03. The minimum atomic E-state index is -4.40. The topological polar surface area (TPSA) is 29.9 Å². The molecule has 0 aliphatic heterocycles. The van der Waals surface area contributed by atoms with Crippen molar-refractivity contribution < 1.29 is 13.2 Å². The fraction of sp³-hybridized carbons (Fsp3) is 0.250. The van der Waals surface area contributed by atoms with Gasteiger partial charge in [-0.3, -0.25) is 0 Å². The van der Waals surface area contributed by atoms with Crippen molar-refractivity contribution in [2.24, 2.45) is 0 Å². The molecule has 1 N–H and O–H groups in total. The molecule has 0 aliphatic carbocycles. The Kier molecular flexibility index (Phi) is 3.71. The maximum absolute atomic E-state index is 12.5. The van der Waals surface area contributed by atoms with Crippen LogP contribution in [0.1, 0.15) is 12.5 Å². The predicted molar refractivity (Wildman–Crippen MR) is 67.6 cm³/mol. The molecule has 19 heavy (non-hydrogen) atoms. The van der Waals surface area contributed by atoms with E-state index in [-0.39, 0.29) is 5.02 Å². The molecular weight excluding hydrogens is 279 g/mol. The van der Waals surface area contributed by atoms with Crippen LogP contribution in [-0.4, -0.2) is 9.55 Å². The Labute approximate surface area is 113 Å². The molecule has 1 heterocycles. The van der Waals surface area contributed by atoms with E-state index in [0.29, 0.717) is 18.2 Å². The summed E-state index contributed by atoms with van der Waals surface area (Å²) in [5.74, 6) is 0.532. The molecule has 1 aromatic carbocycles. The monoisotopic (exact) mass is 289 g/mol. The van der Waals surface area contributed by atoms with Crippen molar-refractivity contribution in [1.29, 1.82) is 0 Å². The van der Waals surface area contributed by atoms with E-state index >= 15 is 0 Å². The summed E-state index contributed by atoms with van der Waals surface area (Å²) in [6.45, 7) is 2.63. The lowest BCUT2D eigenvalue weighted by Gasteiger charge is -2.12. The lowest BCUT2D eigenvalue weighted by Crippen LogP contribution is -2.06. The number of nitrogens with zero attached hydrogens (tertiary/aromatic N) is 2. The molecule has 0 radical (unpaired) electrons. The maximum Gasteiger partial charge on any atom is 0.416 e. The normalized spacial score (nSPS) is 11.6. The van der Waals surface area contributed by atoms with Crippen molar-refractivity contribution >= 4 is 23.2 Å². The largest absolute Gasteiger partial charge is 0.416 e. The van der Waals surface area contributed by atoms with Gasteiger partial charge in [-0.15, -0.1) is 0 Å². The molecule has 0 atom stereocenters. The minimum Gasteiger partial charge on any atom is -0.324 e. The first-order chi connectivity index (χ1) is 8.91. The van der Waals surface area contributed by atoms with E-state index in [1.54, 1.807) is 12.4 Å². The number of halogens is 4. The van der Waals surface area contributed by atoms with Crippen LogP contribution >= 0.6 is 11.6 Å². The summed E-state index contributed by atoms with van der Waals surface area (Å²) >= 11 is 5.85. The minimum absolute atomic E-state index is 0.000443. The van der Waals surface area contributed by atoms with Crippen LogP contribution in [0.5, 0.6) is 0 Å². The molecule has 0 amide bonds. The molecule has 0 aliphatic rings. The molecular formula is C12H11ClF3N3. The molecule has 0 saturated carbocycles. The molecule has 0 bridgehead atoms. The molecule has 0 unspecified atom stereocenters. The van der Waals surface area contributed by atoms with Crippen LogP contribution in [0, 0.1) is 0 Å². The standard InChI is InChI=1S/C12H11ClF3N3/c1-2-19-6-5-17-11(19)18-10-4-3-8(7-9(10)13)12(14,15)16/h3-7H,2H2,1H3,(H,17,18). The maximum atomic E-state index is 12.5. The van der Waals surface area contributed by atoms with Gasteiger partial charge in [0.1, 0.15) is 0 Å². The first-order valence-corrected chi connectivity index (χ1v) is 5.94. The van der Waals surface area contributed by atoms with Gasteiger partial charge in [0.2, 0.25) is 5.95 Å². The highest BCUT2D eigenvalue weighted by atomic mass is 35.5. The average Bonchev–Trinajstić information content (AvgIpc) is 2.77. The Morgan fingerprint density at radius 2 is 2.11 bits per heavy atom. The van der Waals surface area contributed by atoms with Gasteiger partial charge in [0, 0.05) is 18.9 Å². The second-order valence-electron chi connectivity index (χ2n) is 3.85. The second-order valence-corrected chi connectivity index (χ2v) is 4.26. The highest BCUT2D eigenvalue weighted by Gasteiger charge is 2.30. The Balaban J connectivity index is 2.27. The van der Waals surface area contributed by atoms with Crippen LogP contribution in [0.25, 0.3) is 0 Å². The van der Waals surface area contributed by atoms with Gasteiger partial charge < -0.3 is 9.88 Å². The van der Waals surface area contributed by atoms with E-state index in [9.17, 15) is 13.2 Å². The number of imidazole rings is 1. The van der Waals surface area contributed by atoms with Crippen molar-refractivity contribution in [3.63, 3.8) is 0 Å². The Morgan fingerprint density at radius 1 is 1.37 bits per heavy atom. The molecule has 102 valence electrons. The van der Waals surface area contributed by atoms with E-state index in [0.717, 1.165) is 12.1 Å². The highest BCUT2D eigenvalue weighted by molar-refractivity contribution is 6.33. The average molecular weight is 290 g/mol. The van der Waals surface area contributed by atoms with Crippen molar-refractivity contribution in [3.05, 3.63) is 41.2 Å². The number of rotatable bonds is 3. The van der Waals surface area contributed by atoms with Gasteiger partial charge in [-0.25, -0.2) is 4.98 Å². The number of aryl methyl sites for hydroxylation is 1. The van der Waals surface area contributed by atoms with Crippen molar-refractivity contribution in [1.82, 2.24) is 9.55 Å². The van der Waals surface area contributed by atoms with E-state index < -0.39 is 11.7 Å². The highest BCUT2D eigenvalue weighted by Crippen LogP contribution is 2.34. The summed E-state index contributed by atoms with van der Waals surface area (Å²) in [4.78, 5) is 4.07. The molecule has 3 nitrogen and oxygen atoms in total. The number of hydrogen-bond donors (Lipinski definition) is 1. The zero-order chi connectivity index (χ0) is 14.0. The van der Waals surface area contributed by atoms with Gasteiger partial charge in [0.15, 0.2) is 0 Å². The number of anilines is 2. The number of benzene rings is 1. The van der Waals surface area contributed by atoms with Gasteiger partial charge in [-0.05, 0) is 25.1 Å². The summed E-state index contributed by atoms with van der Waals surface area (Å²) in [6, 6.07) is 3.16. The van der Waals surface area contributed by atoms with E-state index in [1.807, 2.05) is 11.5 Å². The van der Waals surface area contributed by atoms with Gasteiger partial charge in [-0.1, -0.05) is 11.6 Å². The van der Waals surface area contributed by atoms with Gasteiger partial charge in [0.05, 0.1) is 16.3 Å². The van der Waals surface area contributed by atoms with E-state index in [2.05, 4.69) is 10.3 Å². The zero-order valence-electron chi connectivity index (χ0n) is 10.0. The van der Waals surface area contributed by atoms with Gasteiger partial charge in [0.25, 0.3) is 0 Å². The van der Waals surface area contributed by atoms with Gasteiger partial charge in [-0.2, -0.15) is 13.2 Å². The lowest BCUT2D eigenvalue weighted by molar-refractivity contribution is -0.137. The second kappa shape index (κ2) is 5.13. The number of aromatic nitrogens is 2. The number of hydrogen-bond acceptors (Lipinski definition) is 2. The molecule has 0 fully saturated rings. The number of alkyl halides is 3. The zero-order valence-corrected chi connectivity index (χ0v) is 10.8. The van der Waals surface area contributed by atoms with Crippen molar-refractivity contribution in [3.8, 4) is 0 Å². The van der Waals surface area contributed by atoms with Gasteiger partial charge >= 0.3 is 6.18 Å². The summed E-state index contributed by atoms with van der Waals surface area (Å²) in [5, 5.41) is 2.90. The Morgan fingerprint density at radius 3 is 2.68 bits per heavy atom. The smallest absolute Gasteiger partial charge is 0.324 e. The summed E-state index contributed by atoms with van der Waals surface area (Å²) in [5.41, 5.74) is -0.391. The van der Waals surface area contributed by atoms with E-state index in [1.165, 1.54) is 6.07 Å². The third-order valence-corrected chi connectivity index (χ3v) is 2.91. The van der Waals surface area contributed by atoms with Crippen LogP contribution in [0.4, 0.5) is 24.8 Å². The Bertz CT molecular complexity index is 578. The molecule has 2 rings (SSSR count). The van der Waals surface area contributed by atoms with Crippen LogP contribution in [-0.2, 0) is 12.7 Å². The fourth-order valence-electron chi connectivity index (χ4n) is 1.60. The first-order valence-electron chi connectivity index (χ1n) is 5.56. The summed E-state index contributed by atoms with van der Waals surface area (Å²) < 4.78 is 39.3. The quantitative estimate of drug-likeness (QED) is 0.912. The third-order valence-electron chi connectivity index (χ3n) is 2.60.